The van der Waals surface area contributed by atoms with Gasteiger partial charge in [-0.05, 0) is 19.3 Å². The Balaban J connectivity index is 2.09. The quantitative estimate of drug-likeness (QED) is 0.706. The molecule has 0 amide bonds. The molecule has 1 aliphatic carbocycles. The van der Waals surface area contributed by atoms with E-state index in [0.29, 0.717) is 11.9 Å². The van der Waals surface area contributed by atoms with Crippen molar-refractivity contribution in [3.05, 3.63) is 0 Å². The molecule has 5 nitrogen and oxygen atoms in total. The van der Waals surface area contributed by atoms with E-state index < -0.39 is 0 Å². The van der Waals surface area contributed by atoms with Crippen molar-refractivity contribution in [2.45, 2.75) is 38.9 Å². The molecular weight excluding hydrogens is 190 g/mol. The number of hydrogen-bond acceptors (Lipinski definition) is 5. The zero-order chi connectivity index (χ0) is 10.8. The molecule has 15 heavy (non-hydrogen) atoms. The van der Waals surface area contributed by atoms with Gasteiger partial charge in [0, 0.05) is 12.5 Å². The second-order valence-electron chi connectivity index (χ2n) is 4.19. The molecule has 0 saturated heterocycles. The maximum absolute atomic E-state index is 5.94. The van der Waals surface area contributed by atoms with Gasteiger partial charge in [0.25, 0.3) is 0 Å². The van der Waals surface area contributed by atoms with Crippen LogP contribution in [0.25, 0.3) is 0 Å². The lowest BCUT2D eigenvalue weighted by Crippen LogP contribution is -2.50. The fraction of sp³-hybridized carbons (Fsp3) is 0.800. The van der Waals surface area contributed by atoms with Crippen LogP contribution < -0.4 is 11.5 Å². The molecule has 0 radical (unpaired) electrons. The largest absolute Gasteiger partial charge is 0.368 e. The van der Waals surface area contributed by atoms with Crippen LogP contribution in [0.5, 0.6) is 0 Å². The lowest BCUT2D eigenvalue weighted by atomic mass is 10.2. The molecule has 1 aliphatic heterocycles. The lowest BCUT2D eigenvalue weighted by Gasteiger charge is -2.32. The van der Waals surface area contributed by atoms with Crippen LogP contribution >= 0.6 is 0 Å². The molecule has 1 heterocycles. The third kappa shape index (κ3) is 2.28. The van der Waals surface area contributed by atoms with E-state index >= 15 is 0 Å². The van der Waals surface area contributed by atoms with Gasteiger partial charge in [-0.3, -0.25) is 5.73 Å². The fourth-order valence-corrected chi connectivity index (χ4v) is 1.79. The highest BCUT2D eigenvalue weighted by molar-refractivity contribution is 5.99. The summed E-state index contributed by atoms with van der Waals surface area (Å²) >= 11 is 0. The first-order valence-electron chi connectivity index (χ1n) is 5.66. The molecule has 2 rings (SSSR count). The van der Waals surface area contributed by atoms with Crippen molar-refractivity contribution in [3.8, 4) is 0 Å². The SMILES string of the molecule is CCCCN1C(C2CC2)=NC(N)=NC1N. The zero-order valence-corrected chi connectivity index (χ0v) is 9.19. The predicted molar refractivity (Wildman–Crippen MR) is 61.4 cm³/mol. The van der Waals surface area contributed by atoms with E-state index in [0.717, 1.165) is 25.2 Å². The zero-order valence-electron chi connectivity index (χ0n) is 9.19. The summed E-state index contributed by atoms with van der Waals surface area (Å²) in [5.41, 5.74) is 11.6. The molecule has 0 aromatic rings. The summed E-state index contributed by atoms with van der Waals surface area (Å²) in [5, 5.41) is 0. The van der Waals surface area contributed by atoms with Gasteiger partial charge in [-0.15, -0.1) is 0 Å². The number of aliphatic imine (C=N–C) groups is 2. The topological polar surface area (TPSA) is 80.0 Å². The van der Waals surface area contributed by atoms with Crippen molar-refractivity contribution in [1.29, 1.82) is 0 Å². The summed E-state index contributed by atoms with van der Waals surface area (Å²) < 4.78 is 0. The fourth-order valence-electron chi connectivity index (χ4n) is 1.79. The van der Waals surface area contributed by atoms with Crippen molar-refractivity contribution >= 4 is 11.8 Å². The van der Waals surface area contributed by atoms with Crippen molar-refractivity contribution in [1.82, 2.24) is 4.90 Å². The van der Waals surface area contributed by atoms with Gasteiger partial charge in [0.05, 0.1) is 0 Å². The van der Waals surface area contributed by atoms with Crippen LogP contribution in [0.15, 0.2) is 9.98 Å². The summed E-state index contributed by atoms with van der Waals surface area (Å²) in [6.45, 7) is 3.10. The molecule has 1 unspecified atom stereocenters. The van der Waals surface area contributed by atoms with Gasteiger partial charge in [-0.1, -0.05) is 13.3 Å². The standard InChI is InChI=1S/C10H19N5/c1-2-3-6-15-8(7-4-5-7)13-9(11)14-10(15)12/h7,10H,2-6,12H2,1H3,(H2,11,14). The second-order valence-corrected chi connectivity index (χ2v) is 4.19. The van der Waals surface area contributed by atoms with Crippen molar-refractivity contribution in [3.63, 3.8) is 0 Å². The number of nitrogens with zero attached hydrogens (tertiary/aromatic N) is 3. The summed E-state index contributed by atoms with van der Waals surface area (Å²) in [7, 11) is 0. The van der Waals surface area contributed by atoms with Gasteiger partial charge in [-0.2, -0.15) is 0 Å². The second kappa shape index (κ2) is 4.18. The van der Waals surface area contributed by atoms with Gasteiger partial charge >= 0.3 is 0 Å². The lowest BCUT2D eigenvalue weighted by molar-refractivity contribution is 0.307. The molecule has 1 fully saturated rings. The minimum absolute atomic E-state index is 0.329. The average molecular weight is 209 g/mol. The van der Waals surface area contributed by atoms with Gasteiger partial charge in [-0.25, -0.2) is 9.98 Å². The maximum Gasteiger partial charge on any atom is 0.220 e. The normalized spacial score (nSPS) is 26.3. The van der Waals surface area contributed by atoms with E-state index in [-0.39, 0.29) is 6.29 Å². The molecule has 1 atom stereocenters. The Kier molecular flexibility index (Phi) is 2.90. The van der Waals surface area contributed by atoms with Crippen molar-refractivity contribution in [2.24, 2.45) is 27.4 Å². The monoisotopic (exact) mass is 209 g/mol. The van der Waals surface area contributed by atoms with E-state index in [9.17, 15) is 0 Å². The maximum atomic E-state index is 5.94. The molecule has 5 heteroatoms. The summed E-state index contributed by atoms with van der Waals surface area (Å²) in [4.78, 5) is 10.5. The highest BCUT2D eigenvalue weighted by atomic mass is 15.4. The number of amidine groups is 1. The highest BCUT2D eigenvalue weighted by Crippen LogP contribution is 2.33. The van der Waals surface area contributed by atoms with E-state index in [1.807, 2.05) is 0 Å². The average Bonchev–Trinajstić information content (AvgIpc) is 2.98. The van der Waals surface area contributed by atoms with Crippen LogP contribution in [-0.2, 0) is 0 Å². The van der Waals surface area contributed by atoms with Gasteiger partial charge in [0.2, 0.25) is 5.96 Å². The van der Waals surface area contributed by atoms with Crippen LogP contribution in [0.4, 0.5) is 0 Å². The molecule has 4 N–H and O–H groups in total. The van der Waals surface area contributed by atoms with E-state index in [1.165, 1.54) is 12.8 Å². The Labute approximate surface area is 90.2 Å². The predicted octanol–water partition coefficient (Wildman–Crippen LogP) is 0.468. The van der Waals surface area contributed by atoms with Crippen LogP contribution in [0.3, 0.4) is 0 Å². The summed E-state index contributed by atoms with van der Waals surface area (Å²) in [6.07, 6.45) is 4.36. The van der Waals surface area contributed by atoms with Gasteiger partial charge in [0.1, 0.15) is 5.84 Å². The Morgan fingerprint density at radius 2 is 2.20 bits per heavy atom. The summed E-state index contributed by atoms with van der Waals surface area (Å²) in [6, 6.07) is 0. The van der Waals surface area contributed by atoms with Crippen molar-refractivity contribution < 1.29 is 0 Å². The first-order chi connectivity index (χ1) is 7.22. The van der Waals surface area contributed by atoms with Crippen molar-refractivity contribution in [2.75, 3.05) is 6.54 Å². The number of guanidine groups is 1. The van der Waals surface area contributed by atoms with E-state index in [4.69, 9.17) is 11.5 Å². The first kappa shape index (κ1) is 10.4. The Morgan fingerprint density at radius 3 is 2.80 bits per heavy atom. The minimum Gasteiger partial charge on any atom is -0.368 e. The Hall–Kier alpha value is -1.10. The third-order valence-electron chi connectivity index (χ3n) is 2.80. The molecular formula is C10H19N5. The highest BCUT2D eigenvalue weighted by Gasteiger charge is 2.35. The number of nitrogens with two attached hydrogens (primary N) is 2. The summed E-state index contributed by atoms with van der Waals surface area (Å²) in [5.74, 6) is 1.96. The van der Waals surface area contributed by atoms with E-state index in [2.05, 4.69) is 21.8 Å². The van der Waals surface area contributed by atoms with E-state index in [1.54, 1.807) is 0 Å². The number of rotatable bonds is 4. The number of hydrogen-bond donors (Lipinski definition) is 2. The smallest absolute Gasteiger partial charge is 0.220 e. The third-order valence-corrected chi connectivity index (χ3v) is 2.80. The molecule has 2 aliphatic rings. The minimum atomic E-state index is -0.329. The van der Waals surface area contributed by atoms with Crippen LogP contribution in [0.1, 0.15) is 32.6 Å². The molecule has 0 bridgehead atoms. The molecule has 1 saturated carbocycles. The van der Waals surface area contributed by atoms with Crippen LogP contribution in [0, 0.1) is 5.92 Å². The van der Waals surface area contributed by atoms with Crippen LogP contribution in [-0.4, -0.2) is 29.5 Å². The first-order valence-corrected chi connectivity index (χ1v) is 5.66. The molecule has 84 valence electrons. The molecule has 0 aromatic heterocycles. The van der Waals surface area contributed by atoms with Gasteiger partial charge < -0.3 is 10.6 Å². The molecule has 0 spiro atoms. The van der Waals surface area contributed by atoms with Crippen LogP contribution in [0.2, 0.25) is 0 Å². The molecule has 0 aromatic carbocycles. The Morgan fingerprint density at radius 1 is 1.47 bits per heavy atom. The van der Waals surface area contributed by atoms with Gasteiger partial charge in [0.15, 0.2) is 6.29 Å². The Bertz CT molecular complexity index is 292. The number of unbranched alkanes of at least 4 members (excludes halogenated alkanes) is 1.